The van der Waals surface area contributed by atoms with E-state index < -0.39 is 28.2 Å². The minimum Gasteiger partial charge on any atom is -0.207 e. The van der Waals surface area contributed by atoms with Crippen LogP contribution >= 0.6 is 27.3 Å². The van der Waals surface area contributed by atoms with Crippen LogP contribution in [0.1, 0.15) is 25.7 Å². The van der Waals surface area contributed by atoms with Crippen molar-refractivity contribution >= 4 is 37.3 Å². The summed E-state index contributed by atoms with van der Waals surface area (Å²) in [6, 6.07) is 1.20. The number of rotatable bonds is 3. The zero-order valence-corrected chi connectivity index (χ0v) is 13.5. The molecule has 1 aliphatic carbocycles. The molecule has 1 aromatic rings. The summed E-state index contributed by atoms with van der Waals surface area (Å²) in [7, 11) is -3.66. The molecule has 20 heavy (non-hydrogen) atoms. The lowest BCUT2D eigenvalue weighted by molar-refractivity contribution is -0.182. The standard InChI is InChI=1S/C11H13BrF3NO2S2/c12-9-5-6-19-10(9)20(17,18)16-8-3-1-7(2-4-8)11(13,14)15/h5-8,16H,1-4H2. The van der Waals surface area contributed by atoms with E-state index in [4.69, 9.17) is 0 Å². The third-order valence-electron chi connectivity index (χ3n) is 3.34. The van der Waals surface area contributed by atoms with Crippen LogP contribution in [-0.4, -0.2) is 20.6 Å². The van der Waals surface area contributed by atoms with Crippen LogP contribution < -0.4 is 4.72 Å². The molecule has 1 fully saturated rings. The maximum atomic E-state index is 12.5. The quantitative estimate of drug-likeness (QED) is 0.848. The molecular formula is C11H13BrF3NO2S2. The summed E-state index contributed by atoms with van der Waals surface area (Å²) in [6.07, 6.45) is -3.80. The van der Waals surface area contributed by atoms with Crippen molar-refractivity contribution in [2.75, 3.05) is 0 Å². The smallest absolute Gasteiger partial charge is 0.207 e. The molecule has 9 heteroatoms. The first-order valence-electron chi connectivity index (χ1n) is 6.02. The molecule has 0 spiro atoms. The first-order chi connectivity index (χ1) is 9.20. The topological polar surface area (TPSA) is 46.2 Å². The van der Waals surface area contributed by atoms with E-state index in [0.29, 0.717) is 4.47 Å². The van der Waals surface area contributed by atoms with E-state index >= 15 is 0 Å². The highest BCUT2D eigenvalue weighted by Crippen LogP contribution is 2.38. The second-order valence-corrected chi connectivity index (χ2v) is 8.45. The summed E-state index contributed by atoms with van der Waals surface area (Å²) in [5.41, 5.74) is 0. The lowest BCUT2D eigenvalue weighted by Crippen LogP contribution is -2.39. The van der Waals surface area contributed by atoms with Crippen molar-refractivity contribution in [2.45, 2.75) is 42.1 Å². The lowest BCUT2D eigenvalue weighted by atomic mass is 9.86. The Morgan fingerprint density at radius 3 is 2.30 bits per heavy atom. The Bertz CT molecular complexity index is 562. The van der Waals surface area contributed by atoms with Crippen molar-refractivity contribution in [3.63, 3.8) is 0 Å². The number of alkyl halides is 3. The zero-order valence-electron chi connectivity index (χ0n) is 10.3. The van der Waals surface area contributed by atoms with E-state index in [1.54, 1.807) is 11.4 Å². The van der Waals surface area contributed by atoms with Gasteiger partial charge in [-0.05, 0) is 53.1 Å². The van der Waals surface area contributed by atoms with E-state index in [-0.39, 0.29) is 29.9 Å². The fourth-order valence-electron chi connectivity index (χ4n) is 2.28. The molecule has 0 radical (unpaired) electrons. The number of hydrogen-bond donors (Lipinski definition) is 1. The van der Waals surface area contributed by atoms with Crippen molar-refractivity contribution in [3.05, 3.63) is 15.9 Å². The highest BCUT2D eigenvalue weighted by molar-refractivity contribution is 9.10. The van der Waals surface area contributed by atoms with E-state index in [0.717, 1.165) is 11.3 Å². The molecule has 0 saturated heterocycles. The van der Waals surface area contributed by atoms with Crippen molar-refractivity contribution < 1.29 is 21.6 Å². The van der Waals surface area contributed by atoms with Gasteiger partial charge in [0, 0.05) is 10.5 Å². The van der Waals surface area contributed by atoms with Crippen LogP contribution in [0.5, 0.6) is 0 Å². The fraction of sp³-hybridized carbons (Fsp3) is 0.636. The van der Waals surface area contributed by atoms with Crippen LogP contribution in [0.4, 0.5) is 13.2 Å². The van der Waals surface area contributed by atoms with Gasteiger partial charge in [-0.2, -0.15) is 13.2 Å². The SMILES string of the molecule is O=S(=O)(NC1CCC(C(F)(F)F)CC1)c1sccc1Br. The van der Waals surface area contributed by atoms with Crippen LogP contribution in [0.2, 0.25) is 0 Å². The zero-order chi connectivity index (χ0) is 15.0. The Labute approximate surface area is 127 Å². The summed E-state index contributed by atoms with van der Waals surface area (Å²) in [6.45, 7) is 0. The Kier molecular flexibility index (Phi) is 4.83. The molecule has 0 bridgehead atoms. The Morgan fingerprint density at radius 1 is 1.25 bits per heavy atom. The van der Waals surface area contributed by atoms with E-state index in [1.165, 1.54) is 0 Å². The van der Waals surface area contributed by atoms with Crippen molar-refractivity contribution in [1.82, 2.24) is 4.72 Å². The number of thiophene rings is 1. The second kappa shape index (κ2) is 5.94. The van der Waals surface area contributed by atoms with Crippen LogP contribution in [0, 0.1) is 5.92 Å². The van der Waals surface area contributed by atoms with E-state index in [1.807, 2.05) is 0 Å². The Hall–Kier alpha value is -0.120. The summed E-state index contributed by atoms with van der Waals surface area (Å²) in [5, 5.41) is 1.64. The predicted octanol–water partition coefficient (Wildman–Crippen LogP) is 3.91. The normalized spacial score (nSPS) is 24.8. The molecule has 0 aliphatic heterocycles. The average molecular weight is 392 g/mol. The molecule has 0 unspecified atom stereocenters. The van der Waals surface area contributed by atoms with Crippen LogP contribution in [0.15, 0.2) is 20.1 Å². The van der Waals surface area contributed by atoms with Gasteiger partial charge in [0.15, 0.2) is 0 Å². The van der Waals surface area contributed by atoms with Crippen LogP contribution in [-0.2, 0) is 10.0 Å². The predicted molar refractivity (Wildman–Crippen MR) is 74.1 cm³/mol. The first-order valence-corrected chi connectivity index (χ1v) is 9.18. The van der Waals surface area contributed by atoms with Gasteiger partial charge in [0.2, 0.25) is 0 Å². The van der Waals surface area contributed by atoms with E-state index in [2.05, 4.69) is 20.7 Å². The van der Waals surface area contributed by atoms with Gasteiger partial charge < -0.3 is 0 Å². The van der Waals surface area contributed by atoms with Crippen molar-refractivity contribution in [2.24, 2.45) is 5.92 Å². The number of hydrogen-bond acceptors (Lipinski definition) is 3. The van der Waals surface area contributed by atoms with Gasteiger partial charge in [0.1, 0.15) is 4.21 Å². The molecule has 1 N–H and O–H groups in total. The molecule has 1 aliphatic rings. The number of nitrogens with one attached hydrogen (secondary N) is 1. The summed E-state index contributed by atoms with van der Waals surface area (Å²) in [5.74, 6) is -1.31. The monoisotopic (exact) mass is 391 g/mol. The van der Waals surface area contributed by atoms with Crippen LogP contribution in [0.25, 0.3) is 0 Å². The third-order valence-corrected chi connectivity index (χ3v) is 7.53. The van der Waals surface area contributed by atoms with Gasteiger partial charge in [0.25, 0.3) is 10.0 Å². The average Bonchev–Trinajstić information content (AvgIpc) is 2.75. The largest absolute Gasteiger partial charge is 0.391 e. The van der Waals surface area contributed by atoms with Gasteiger partial charge in [0.05, 0.1) is 5.92 Å². The van der Waals surface area contributed by atoms with Gasteiger partial charge in [-0.3, -0.25) is 0 Å². The number of sulfonamides is 1. The minimum atomic E-state index is -4.18. The molecule has 1 heterocycles. The van der Waals surface area contributed by atoms with Gasteiger partial charge in [-0.25, -0.2) is 13.1 Å². The molecule has 0 amide bonds. The highest BCUT2D eigenvalue weighted by atomic mass is 79.9. The summed E-state index contributed by atoms with van der Waals surface area (Å²) in [4.78, 5) is 0. The molecular weight excluding hydrogens is 379 g/mol. The minimum absolute atomic E-state index is 0.0255. The molecule has 2 rings (SSSR count). The molecule has 114 valence electrons. The molecule has 1 saturated carbocycles. The highest BCUT2D eigenvalue weighted by Gasteiger charge is 2.42. The summed E-state index contributed by atoms with van der Waals surface area (Å²) >= 11 is 4.22. The Morgan fingerprint density at radius 2 is 1.85 bits per heavy atom. The van der Waals surface area contributed by atoms with Crippen LogP contribution in [0.3, 0.4) is 0 Å². The second-order valence-electron chi connectivity index (χ2n) is 4.77. The van der Waals surface area contributed by atoms with Gasteiger partial charge in [-0.15, -0.1) is 11.3 Å². The Balaban J connectivity index is 1.98. The van der Waals surface area contributed by atoms with Gasteiger partial charge >= 0.3 is 6.18 Å². The first kappa shape index (κ1) is 16.3. The lowest BCUT2D eigenvalue weighted by Gasteiger charge is -2.30. The summed E-state index contributed by atoms with van der Waals surface area (Å²) < 4.78 is 65.0. The number of halogens is 4. The van der Waals surface area contributed by atoms with Crippen molar-refractivity contribution in [3.8, 4) is 0 Å². The molecule has 3 nitrogen and oxygen atoms in total. The fourth-order valence-corrected chi connectivity index (χ4v) is 5.94. The maximum Gasteiger partial charge on any atom is 0.391 e. The third kappa shape index (κ3) is 3.75. The molecule has 0 atom stereocenters. The maximum absolute atomic E-state index is 12.5. The van der Waals surface area contributed by atoms with Gasteiger partial charge in [-0.1, -0.05) is 0 Å². The molecule has 1 aromatic heterocycles. The van der Waals surface area contributed by atoms with Crippen molar-refractivity contribution in [1.29, 1.82) is 0 Å². The van der Waals surface area contributed by atoms with E-state index in [9.17, 15) is 21.6 Å². The molecule has 0 aromatic carbocycles.